The summed E-state index contributed by atoms with van der Waals surface area (Å²) < 4.78 is 47.0. The molecule has 2 aromatic heterocycles. The van der Waals surface area contributed by atoms with Crippen LogP contribution < -0.4 is 10.1 Å². The SMILES string of the molecule is C=CC=O.CN1CCc2cc(-c3nnc(-c4ccc(F)cc4OCCOCCNC(=O)OC4CCN(C)C4)c4scc(F)c34)ccc2C1. The van der Waals surface area contributed by atoms with Gasteiger partial charge in [-0.1, -0.05) is 18.7 Å². The van der Waals surface area contributed by atoms with Crippen LogP contribution in [0.25, 0.3) is 32.6 Å². The summed E-state index contributed by atoms with van der Waals surface area (Å²) in [5.74, 6) is -0.592. The molecular weight excluding hydrogens is 640 g/mol. The second kappa shape index (κ2) is 16.7. The normalized spacial score (nSPS) is 16.1. The van der Waals surface area contributed by atoms with E-state index in [1.165, 1.54) is 46.1 Å². The topological polar surface area (TPSA) is 106 Å². The molecule has 0 radical (unpaired) electrons. The zero-order valence-corrected chi connectivity index (χ0v) is 27.9. The van der Waals surface area contributed by atoms with Gasteiger partial charge in [-0.25, -0.2) is 13.6 Å². The number of ether oxygens (including phenoxy) is 3. The summed E-state index contributed by atoms with van der Waals surface area (Å²) in [5, 5.41) is 13.5. The van der Waals surface area contributed by atoms with Crippen molar-refractivity contribution in [3.8, 4) is 28.3 Å². The van der Waals surface area contributed by atoms with Crippen LogP contribution in [0.5, 0.6) is 5.75 Å². The number of amides is 1. The van der Waals surface area contributed by atoms with E-state index in [1.54, 1.807) is 6.07 Å². The molecule has 254 valence electrons. The first kappa shape index (κ1) is 35.0. The number of hydrogen-bond acceptors (Lipinski definition) is 10. The van der Waals surface area contributed by atoms with Gasteiger partial charge in [-0.2, -0.15) is 0 Å². The third-order valence-corrected chi connectivity index (χ3v) is 9.01. The van der Waals surface area contributed by atoms with Gasteiger partial charge in [0.25, 0.3) is 0 Å². The Morgan fingerprint density at radius 1 is 1.06 bits per heavy atom. The quantitative estimate of drug-likeness (QED) is 0.125. The fourth-order valence-corrected chi connectivity index (χ4v) is 6.59. The zero-order valence-electron chi connectivity index (χ0n) is 27.0. The van der Waals surface area contributed by atoms with Crippen LogP contribution in [0, 0.1) is 11.6 Å². The number of benzene rings is 2. The van der Waals surface area contributed by atoms with Gasteiger partial charge < -0.3 is 29.3 Å². The van der Waals surface area contributed by atoms with E-state index >= 15 is 4.39 Å². The number of fused-ring (bicyclic) bond motifs is 2. The van der Waals surface area contributed by atoms with E-state index in [0.29, 0.717) is 33.3 Å². The van der Waals surface area contributed by atoms with Crippen molar-refractivity contribution < 1.29 is 32.6 Å². The minimum Gasteiger partial charge on any atom is -0.490 e. The van der Waals surface area contributed by atoms with Crippen molar-refractivity contribution in [3.63, 3.8) is 0 Å². The number of carbonyl (C=O) groups excluding carboxylic acids is 2. The van der Waals surface area contributed by atoms with E-state index in [0.717, 1.165) is 44.6 Å². The Hall–Kier alpha value is -4.30. The van der Waals surface area contributed by atoms with Gasteiger partial charge in [-0.15, -0.1) is 21.5 Å². The lowest BCUT2D eigenvalue weighted by Gasteiger charge is -2.25. The maximum absolute atomic E-state index is 15.3. The molecule has 0 saturated carbocycles. The molecule has 0 bridgehead atoms. The van der Waals surface area contributed by atoms with Gasteiger partial charge in [0.05, 0.1) is 23.3 Å². The molecule has 4 aromatic rings. The highest BCUT2D eigenvalue weighted by molar-refractivity contribution is 7.17. The number of likely N-dealkylation sites (N-methyl/N-ethyl adjacent to an activating group) is 2. The number of thiophene rings is 1. The lowest BCUT2D eigenvalue weighted by molar-refractivity contribution is -0.104. The molecule has 2 aliphatic rings. The fraction of sp³-hybridized carbons (Fsp3) is 0.371. The van der Waals surface area contributed by atoms with Gasteiger partial charge in [0, 0.05) is 55.3 Å². The molecule has 2 aromatic carbocycles. The van der Waals surface area contributed by atoms with E-state index in [9.17, 15) is 9.18 Å². The number of halogens is 2. The number of rotatable bonds is 11. The van der Waals surface area contributed by atoms with Crippen molar-refractivity contribution in [2.75, 3.05) is 60.1 Å². The summed E-state index contributed by atoms with van der Waals surface area (Å²) in [7, 11) is 4.09. The summed E-state index contributed by atoms with van der Waals surface area (Å²) in [6.45, 7) is 7.50. The van der Waals surface area contributed by atoms with E-state index in [1.807, 2.05) is 13.1 Å². The number of likely N-dealkylation sites (tertiary alicyclic amines) is 1. The first-order valence-corrected chi connectivity index (χ1v) is 16.6. The average molecular weight is 680 g/mol. The summed E-state index contributed by atoms with van der Waals surface area (Å²) in [4.78, 5) is 25.4. The van der Waals surface area contributed by atoms with Crippen LogP contribution in [-0.4, -0.2) is 98.6 Å². The van der Waals surface area contributed by atoms with Crippen LogP contribution in [0.3, 0.4) is 0 Å². The van der Waals surface area contributed by atoms with Crippen molar-refractivity contribution in [1.82, 2.24) is 25.3 Å². The Morgan fingerprint density at radius 2 is 1.88 bits per heavy atom. The van der Waals surface area contributed by atoms with E-state index in [4.69, 9.17) is 19.0 Å². The number of aldehydes is 1. The minimum absolute atomic E-state index is 0.0892. The number of nitrogens with zero attached hydrogens (tertiary/aromatic N) is 4. The Labute approximate surface area is 282 Å². The third kappa shape index (κ3) is 8.78. The number of allylic oxidation sites excluding steroid dienone is 1. The number of alkyl carbamates (subject to hydrolysis) is 1. The molecule has 13 heteroatoms. The molecule has 48 heavy (non-hydrogen) atoms. The first-order valence-electron chi connectivity index (χ1n) is 15.7. The summed E-state index contributed by atoms with van der Waals surface area (Å²) in [5.41, 5.74) is 4.72. The third-order valence-electron chi connectivity index (χ3n) is 8.05. The predicted molar refractivity (Wildman–Crippen MR) is 181 cm³/mol. The summed E-state index contributed by atoms with van der Waals surface area (Å²) >= 11 is 1.23. The standard InChI is InChI=1S/C32H35F2N5O4S.C3H4O/c1-38-10-7-20-15-21(3-4-22(20)17-38)29-28-26(34)19-44-31(28)30(37-36-29)25-6-5-23(33)16-27(25)42-14-13-41-12-9-35-32(40)43-24-8-11-39(2)18-24;1-2-3-4/h3-6,15-16,19,24H,7-14,17-18H2,1-2H3,(H,35,40);2-3H,1H2. The van der Waals surface area contributed by atoms with Crippen molar-refractivity contribution in [1.29, 1.82) is 0 Å². The monoisotopic (exact) mass is 679 g/mol. The molecule has 2 aliphatic heterocycles. The molecule has 1 amide bonds. The smallest absolute Gasteiger partial charge is 0.407 e. The van der Waals surface area contributed by atoms with Crippen molar-refractivity contribution in [2.45, 2.75) is 25.5 Å². The van der Waals surface area contributed by atoms with Crippen LogP contribution in [-0.2, 0) is 27.2 Å². The van der Waals surface area contributed by atoms with Gasteiger partial charge in [-0.3, -0.25) is 4.79 Å². The second-order valence-electron chi connectivity index (χ2n) is 11.6. The van der Waals surface area contributed by atoms with Gasteiger partial charge in [0.1, 0.15) is 47.8 Å². The van der Waals surface area contributed by atoms with Gasteiger partial charge >= 0.3 is 6.09 Å². The molecule has 1 N–H and O–H groups in total. The molecule has 6 rings (SSSR count). The van der Waals surface area contributed by atoms with E-state index < -0.39 is 11.9 Å². The fourth-order valence-electron chi connectivity index (χ4n) is 5.68. The largest absolute Gasteiger partial charge is 0.490 e. The molecule has 1 atom stereocenters. The van der Waals surface area contributed by atoms with E-state index in [2.05, 4.69) is 51.1 Å². The van der Waals surface area contributed by atoms with Crippen LogP contribution >= 0.6 is 11.3 Å². The number of carbonyl (C=O) groups is 2. The molecular formula is C35H39F2N5O5S. The highest BCUT2D eigenvalue weighted by Crippen LogP contribution is 2.41. The molecule has 1 saturated heterocycles. The van der Waals surface area contributed by atoms with Crippen LogP contribution in [0.1, 0.15) is 17.5 Å². The summed E-state index contributed by atoms with van der Waals surface area (Å²) in [6.07, 6.45) is 3.03. The minimum atomic E-state index is -0.473. The Bertz CT molecular complexity index is 1750. The van der Waals surface area contributed by atoms with Crippen molar-refractivity contribution >= 4 is 33.8 Å². The lowest BCUT2D eigenvalue weighted by atomic mass is 9.95. The van der Waals surface area contributed by atoms with Crippen LogP contribution in [0.15, 0.2) is 54.4 Å². The van der Waals surface area contributed by atoms with Crippen LogP contribution in [0.4, 0.5) is 13.6 Å². The molecule has 0 aliphatic carbocycles. The summed E-state index contributed by atoms with van der Waals surface area (Å²) in [6, 6.07) is 10.3. The maximum atomic E-state index is 15.3. The van der Waals surface area contributed by atoms with Crippen molar-refractivity contribution in [2.24, 2.45) is 0 Å². The van der Waals surface area contributed by atoms with Crippen LogP contribution in [0.2, 0.25) is 0 Å². The van der Waals surface area contributed by atoms with E-state index in [-0.39, 0.29) is 44.0 Å². The molecule has 1 fully saturated rings. The number of hydrogen-bond donors (Lipinski definition) is 1. The number of nitrogens with one attached hydrogen (secondary N) is 1. The van der Waals surface area contributed by atoms with Gasteiger partial charge in [0.2, 0.25) is 0 Å². The first-order chi connectivity index (χ1) is 23.3. The second-order valence-corrected chi connectivity index (χ2v) is 12.5. The predicted octanol–water partition coefficient (Wildman–Crippen LogP) is 5.49. The molecule has 0 spiro atoms. The zero-order chi connectivity index (χ0) is 34.0. The highest BCUT2D eigenvalue weighted by atomic mass is 32.1. The Balaban J connectivity index is 0.00000107. The van der Waals surface area contributed by atoms with Gasteiger partial charge in [0.15, 0.2) is 0 Å². The Kier molecular flexibility index (Phi) is 12.2. The van der Waals surface area contributed by atoms with Crippen molar-refractivity contribution in [3.05, 3.63) is 77.2 Å². The lowest BCUT2D eigenvalue weighted by Crippen LogP contribution is -2.32. The Morgan fingerprint density at radius 3 is 2.65 bits per heavy atom. The highest BCUT2D eigenvalue weighted by Gasteiger charge is 2.24. The average Bonchev–Trinajstić information content (AvgIpc) is 3.68. The maximum Gasteiger partial charge on any atom is 0.407 e. The van der Waals surface area contributed by atoms with Gasteiger partial charge in [-0.05, 0) is 62.3 Å². The molecule has 4 heterocycles. The number of aromatic nitrogens is 2. The molecule has 1 unspecified atom stereocenters. The molecule has 10 nitrogen and oxygen atoms in total.